The lowest BCUT2D eigenvalue weighted by molar-refractivity contribution is 0.940. The highest BCUT2D eigenvalue weighted by Crippen LogP contribution is 2.14. The molecular weight excluding hydrogens is 182 g/mol. The molecule has 14 heavy (non-hydrogen) atoms. The van der Waals surface area contributed by atoms with Crippen molar-refractivity contribution in [3.63, 3.8) is 0 Å². The number of aromatic amines is 2. The summed E-state index contributed by atoms with van der Waals surface area (Å²) in [5, 5.41) is 10.1. The minimum Gasteiger partial charge on any atom is -0.334 e. The predicted molar refractivity (Wildman–Crippen MR) is 47.1 cm³/mol. The summed E-state index contributed by atoms with van der Waals surface area (Å²) in [6, 6.07) is 0. The van der Waals surface area contributed by atoms with Gasteiger partial charge in [0.05, 0.1) is 12.4 Å². The molecule has 0 aliphatic heterocycles. The zero-order chi connectivity index (χ0) is 9.38. The third-order valence-corrected chi connectivity index (χ3v) is 1.82. The molecule has 3 aromatic rings. The molecule has 0 aliphatic carbocycles. The standard InChI is InChI=1S/C7H5N7/c1-4-6(9-3-8-1)12-7(11-4)5-2-10-14-13-5/h1-3H,(H,10,13,14)(H,8,9,11,12). The van der Waals surface area contributed by atoms with Crippen LogP contribution in [0.4, 0.5) is 0 Å². The van der Waals surface area contributed by atoms with Crippen molar-refractivity contribution in [3.05, 3.63) is 18.7 Å². The Hall–Kier alpha value is -2.31. The molecule has 0 spiro atoms. The Morgan fingerprint density at radius 1 is 1.21 bits per heavy atom. The van der Waals surface area contributed by atoms with E-state index in [4.69, 9.17) is 0 Å². The van der Waals surface area contributed by atoms with Crippen molar-refractivity contribution >= 4 is 11.2 Å². The molecule has 0 saturated heterocycles. The summed E-state index contributed by atoms with van der Waals surface area (Å²) in [5.41, 5.74) is 2.06. The van der Waals surface area contributed by atoms with Gasteiger partial charge in [0.1, 0.15) is 17.5 Å². The SMILES string of the molecule is c1ncc2[nH]c(-c3cn[nH]n3)nc2n1. The van der Waals surface area contributed by atoms with Crippen LogP contribution >= 0.6 is 0 Å². The van der Waals surface area contributed by atoms with Gasteiger partial charge in [-0.15, -0.1) is 0 Å². The molecule has 7 nitrogen and oxygen atoms in total. The van der Waals surface area contributed by atoms with E-state index in [1.54, 1.807) is 12.4 Å². The van der Waals surface area contributed by atoms with Crippen LogP contribution in [0.5, 0.6) is 0 Å². The molecule has 0 fully saturated rings. The molecule has 0 bridgehead atoms. The molecule has 3 rings (SSSR count). The van der Waals surface area contributed by atoms with Crippen LogP contribution in [0.25, 0.3) is 22.7 Å². The molecule has 0 amide bonds. The van der Waals surface area contributed by atoms with Crippen molar-refractivity contribution in [3.8, 4) is 11.5 Å². The van der Waals surface area contributed by atoms with Crippen molar-refractivity contribution in [2.24, 2.45) is 0 Å². The predicted octanol–water partition coefficient (Wildman–Crippen LogP) is 0.138. The Labute approximate surface area is 77.6 Å². The lowest BCUT2D eigenvalue weighted by atomic mass is 10.5. The third kappa shape index (κ3) is 0.954. The number of imidazole rings is 1. The normalized spacial score (nSPS) is 10.9. The minimum atomic E-state index is 0.623. The molecule has 0 unspecified atom stereocenters. The van der Waals surface area contributed by atoms with Crippen LogP contribution in [-0.4, -0.2) is 35.3 Å². The summed E-state index contributed by atoms with van der Waals surface area (Å²) in [6.45, 7) is 0. The summed E-state index contributed by atoms with van der Waals surface area (Å²) >= 11 is 0. The van der Waals surface area contributed by atoms with Crippen LogP contribution in [0.1, 0.15) is 0 Å². The van der Waals surface area contributed by atoms with Crippen LogP contribution in [0.3, 0.4) is 0 Å². The Bertz CT molecular complexity index is 519. The van der Waals surface area contributed by atoms with Gasteiger partial charge in [-0.05, 0) is 0 Å². The van der Waals surface area contributed by atoms with E-state index >= 15 is 0 Å². The largest absolute Gasteiger partial charge is 0.334 e. The Kier molecular flexibility index (Phi) is 1.32. The van der Waals surface area contributed by atoms with Crippen LogP contribution in [0.15, 0.2) is 18.7 Å². The number of fused-ring (bicyclic) bond motifs is 1. The van der Waals surface area contributed by atoms with Crippen molar-refractivity contribution in [2.75, 3.05) is 0 Å². The van der Waals surface area contributed by atoms with E-state index in [1.807, 2.05) is 0 Å². The van der Waals surface area contributed by atoms with Crippen molar-refractivity contribution in [1.29, 1.82) is 0 Å². The van der Waals surface area contributed by atoms with Gasteiger partial charge < -0.3 is 4.98 Å². The van der Waals surface area contributed by atoms with Gasteiger partial charge in [0.25, 0.3) is 0 Å². The molecule has 3 aromatic heterocycles. The fraction of sp³-hybridized carbons (Fsp3) is 0. The van der Waals surface area contributed by atoms with Crippen molar-refractivity contribution < 1.29 is 0 Å². The summed E-state index contributed by atoms with van der Waals surface area (Å²) in [5.74, 6) is 0.634. The number of aromatic nitrogens is 7. The van der Waals surface area contributed by atoms with Crippen molar-refractivity contribution in [1.82, 2.24) is 35.3 Å². The monoisotopic (exact) mass is 187 g/mol. The number of H-pyrrole nitrogens is 2. The maximum Gasteiger partial charge on any atom is 0.181 e. The van der Waals surface area contributed by atoms with Gasteiger partial charge in [-0.25, -0.2) is 15.0 Å². The topological polar surface area (TPSA) is 96.0 Å². The molecule has 3 heterocycles. The quantitative estimate of drug-likeness (QED) is 0.564. The van der Waals surface area contributed by atoms with Gasteiger partial charge >= 0.3 is 0 Å². The van der Waals surface area contributed by atoms with Crippen LogP contribution in [0.2, 0.25) is 0 Å². The molecule has 0 aliphatic rings. The molecular formula is C7H5N7. The van der Waals surface area contributed by atoms with E-state index < -0.39 is 0 Å². The zero-order valence-corrected chi connectivity index (χ0v) is 6.97. The van der Waals surface area contributed by atoms with Gasteiger partial charge in [-0.3, -0.25) is 0 Å². The molecule has 0 saturated carbocycles. The number of nitrogens with zero attached hydrogens (tertiary/aromatic N) is 5. The van der Waals surface area contributed by atoms with Crippen LogP contribution in [0, 0.1) is 0 Å². The summed E-state index contributed by atoms with van der Waals surface area (Å²) in [4.78, 5) is 15.1. The lowest BCUT2D eigenvalue weighted by Gasteiger charge is -1.82. The Morgan fingerprint density at radius 3 is 3.00 bits per heavy atom. The van der Waals surface area contributed by atoms with Crippen LogP contribution < -0.4 is 0 Å². The van der Waals surface area contributed by atoms with E-state index in [9.17, 15) is 0 Å². The zero-order valence-electron chi connectivity index (χ0n) is 6.97. The van der Waals surface area contributed by atoms with E-state index in [2.05, 4.69) is 35.3 Å². The highest BCUT2D eigenvalue weighted by Gasteiger charge is 2.07. The van der Waals surface area contributed by atoms with Gasteiger partial charge in [0.15, 0.2) is 11.5 Å². The maximum atomic E-state index is 4.23. The Morgan fingerprint density at radius 2 is 2.21 bits per heavy atom. The smallest absolute Gasteiger partial charge is 0.181 e. The number of hydrogen-bond donors (Lipinski definition) is 2. The molecule has 0 radical (unpaired) electrons. The fourth-order valence-electron chi connectivity index (χ4n) is 1.20. The molecule has 0 aromatic carbocycles. The van der Waals surface area contributed by atoms with Gasteiger partial charge in [-0.1, -0.05) is 0 Å². The summed E-state index contributed by atoms with van der Waals surface area (Å²) in [6.07, 6.45) is 4.71. The first-order chi connectivity index (χ1) is 6.93. The second-order valence-electron chi connectivity index (χ2n) is 2.70. The highest BCUT2D eigenvalue weighted by atomic mass is 15.3. The fourth-order valence-corrected chi connectivity index (χ4v) is 1.20. The number of rotatable bonds is 1. The maximum absolute atomic E-state index is 4.23. The molecule has 7 heteroatoms. The minimum absolute atomic E-state index is 0.623. The van der Waals surface area contributed by atoms with Gasteiger partial charge in [-0.2, -0.15) is 15.4 Å². The highest BCUT2D eigenvalue weighted by molar-refractivity contribution is 5.73. The Balaban J connectivity index is 2.24. The second kappa shape index (κ2) is 2.59. The first-order valence-electron chi connectivity index (χ1n) is 3.95. The third-order valence-electron chi connectivity index (χ3n) is 1.82. The van der Waals surface area contributed by atoms with Crippen molar-refractivity contribution in [2.45, 2.75) is 0 Å². The van der Waals surface area contributed by atoms with E-state index in [-0.39, 0.29) is 0 Å². The average molecular weight is 187 g/mol. The van der Waals surface area contributed by atoms with E-state index in [0.717, 1.165) is 5.52 Å². The summed E-state index contributed by atoms with van der Waals surface area (Å²) < 4.78 is 0. The van der Waals surface area contributed by atoms with Gasteiger partial charge in [0, 0.05) is 0 Å². The lowest BCUT2D eigenvalue weighted by Crippen LogP contribution is -1.79. The number of hydrogen-bond acceptors (Lipinski definition) is 5. The average Bonchev–Trinajstić information content (AvgIpc) is 2.86. The van der Waals surface area contributed by atoms with Gasteiger partial charge in [0.2, 0.25) is 0 Å². The molecule has 0 atom stereocenters. The number of nitrogens with one attached hydrogen (secondary N) is 2. The first-order valence-corrected chi connectivity index (χ1v) is 3.95. The molecule has 68 valence electrons. The van der Waals surface area contributed by atoms with Crippen LogP contribution in [-0.2, 0) is 0 Å². The van der Waals surface area contributed by atoms with E-state index in [0.29, 0.717) is 17.2 Å². The molecule has 2 N–H and O–H groups in total. The second-order valence-corrected chi connectivity index (χ2v) is 2.70. The van der Waals surface area contributed by atoms with E-state index in [1.165, 1.54) is 6.33 Å². The first kappa shape index (κ1) is 7.13. The summed E-state index contributed by atoms with van der Waals surface area (Å²) in [7, 11) is 0.